The van der Waals surface area contributed by atoms with Crippen LogP contribution in [0.5, 0.6) is 0 Å². The lowest BCUT2D eigenvalue weighted by atomic mass is 10.0. The summed E-state index contributed by atoms with van der Waals surface area (Å²) in [4.78, 5) is 16.8. The van der Waals surface area contributed by atoms with Gasteiger partial charge in [0.1, 0.15) is 11.3 Å². The van der Waals surface area contributed by atoms with E-state index in [0.717, 1.165) is 5.56 Å². The summed E-state index contributed by atoms with van der Waals surface area (Å²) >= 11 is 1.17. The number of fused-ring (bicyclic) bond motifs is 2. The largest absolute Gasteiger partial charge is 0.298 e. The van der Waals surface area contributed by atoms with Gasteiger partial charge < -0.3 is 0 Å². The normalized spacial score (nSPS) is 14.3. The van der Waals surface area contributed by atoms with Gasteiger partial charge in [0.05, 0.1) is 9.60 Å². The molecule has 2 heterocycles. The number of benzene rings is 3. The number of nitrogens with one attached hydrogen (secondary N) is 1. The molecular weight excluding hydrogens is 449 g/mol. The number of hydrogen-bond donors (Lipinski definition) is 1. The molecule has 1 N–H and O–H groups in total. The molecule has 0 atom stereocenters. The summed E-state index contributed by atoms with van der Waals surface area (Å²) in [7, 11) is -3.68. The zero-order valence-electron chi connectivity index (χ0n) is 16.8. The molecule has 1 aromatic heterocycles. The first-order valence-electron chi connectivity index (χ1n) is 9.95. The third kappa shape index (κ3) is 3.79. The van der Waals surface area contributed by atoms with Crippen molar-refractivity contribution in [3.63, 3.8) is 0 Å². The van der Waals surface area contributed by atoms with Crippen molar-refractivity contribution in [2.45, 2.75) is 17.9 Å². The molecule has 0 aliphatic carbocycles. The van der Waals surface area contributed by atoms with E-state index in [4.69, 9.17) is 0 Å². The number of aromatic nitrogens is 1. The van der Waals surface area contributed by atoms with Crippen LogP contribution in [0.15, 0.2) is 71.6 Å². The van der Waals surface area contributed by atoms with Crippen LogP contribution in [0.1, 0.15) is 21.5 Å². The number of sulfonamides is 1. The molecule has 0 radical (unpaired) electrons. The number of amides is 1. The molecule has 6 nitrogen and oxygen atoms in total. The molecule has 4 aromatic rings. The van der Waals surface area contributed by atoms with Crippen LogP contribution in [0, 0.1) is 5.82 Å². The standard InChI is InChI=1S/C23H18FN3O3S2/c24-19-6-3-7-20-21(19)25-23(31-20)26-22(28)16-8-10-18(11-9-16)32(29,30)27-13-12-15-4-1-2-5-17(15)14-27/h1-11H,12-14H2,(H,25,26,28). The monoisotopic (exact) mass is 467 g/mol. The quantitative estimate of drug-likeness (QED) is 0.481. The fourth-order valence-electron chi connectivity index (χ4n) is 3.74. The highest BCUT2D eigenvalue weighted by atomic mass is 32.2. The van der Waals surface area contributed by atoms with Crippen LogP contribution < -0.4 is 5.32 Å². The zero-order chi connectivity index (χ0) is 22.3. The molecule has 0 saturated carbocycles. The maximum absolute atomic E-state index is 13.8. The van der Waals surface area contributed by atoms with Gasteiger partial charge in [0.2, 0.25) is 10.0 Å². The zero-order valence-corrected chi connectivity index (χ0v) is 18.4. The minimum absolute atomic E-state index is 0.135. The molecule has 0 fully saturated rings. The summed E-state index contributed by atoms with van der Waals surface area (Å²) in [5.41, 5.74) is 2.66. The highest BCUT2D eigenvalue weighted by molar-refractivity contribution is 7.89. The van der Waals surface area contributed by atoms with E-state index in [-0.39, 0.29) is 21.1 Å². The molecule has 1 aliphatic heterocycles. The van der Waals surface area contributed by atoms with E-state index >= 15 is 0 Å². The van der Waals surface area contributed by atoms with Crippen LogP contribution in [-0.2, 0) is 23.0 Å². The average molecular weight is 468 g/mol. The van der Waals surface area contributed by atoms with Gasteiger partial charge >= 0.3 is 0 Å². The Bertz CT molecular complexity index is 1430. The minimum Gasteiger partial charge on any atom is -0.298 e. The van der Waals surface area contributed by atoms with Crippen LogP contribution >= 0.6 is 11.3 Å². The molecule has 162 valence electrons. The Morgan fingerprint density at radius 3 is 2.50 bits per heavy atom. The second-order valence-electron chi connectivity index (χ2n) is 7.44. The number of para-hydroxylation sites is 1. The topological polar surface area (TPSA) is 79.4 Å². The van der Waals surface area contributed by atoms with Crippen molar-refractivity contribution < 1.29 is 17.6 Å². The lowest BCUT2D eigenvalue weighted by molar-refractivity contribution is 0.102. The lowest BCUT2D eigenvalue weighted by Gasteiger charge is -2.28. The number of thiazole rings is 1. The number of halogens is 1. The number of anilines is 1. The van der Waals surface area contributed by atoms with Gasteiger partial charge in [-0.2, -0.15) is 4.31 Å². The maximum atomic E-state index is 13.8. The fourth-order valence-corrected chi connectivity index (χ4v) is 6.03. The Hall–Kier alpha value is -3.14. The smallest absolute Gasteiger partial charge is 0.257 e. The van der Waals surface area contributed by atoms with Crippen LogP contribution in [0.3, 0.4) is 0 Å². The Morgan fingerprint density at radius 2 is 1.75 bits per heavy atom. The predicted molar refractivity (Wildman–Crippen MR) is 122 cm³/mol. The van der Waals surface area contributed by atoms with Crippen molar-refractivity contribution in [2.75, 3.05) is 11.9 Å². The lowest BCUT2D eigenvalue weighted by Crippen LogP contribution is -2.35. The van der Waals surface area contributed by atoms with Crippen LogP contribution in [0.2, 0.25) is 0 Å². The summed E-state index contributed by atoms with van der Waals surface area (Å²) in [6.45, 7) is 0.741. The third-order valence-electron chi connectivity index (χ3n) is 5.44. The highest BCUT2D eigenvalue weighted by Gasteiger charge is 2.28. The molecule has 1 amide bonds. The second kappa shape index (κ2) is 8.09. The second-order valence-corrected chi connectivity index (χ2v) is 10.4. The first-order valence-corrected chi connectivity index (χ1v) is 12.2. The summed E-state index contributed by atoms with van der Waals surface area (Å²) < 4.78 is 42.1. The van der Waals surface area contributed by atoms with Gasteiger partial charge in [-0.1, -0.05) is 41.7 Å². The van der Waals surface area contributed by atoms with Crippen molar-refractivity contribution in [1.82, 2.24) is 9.29 Å². The van der Waals surface area contributed by atoms with E-state index in [2.05, 4.69) is 10.3 Å². The molecule has 32 heavy (non-hydrogen) atoms. The molecular formula is C23H18FN3O3S2. The number of nitrogens with zero attached hydrogens (tertiary/aromatic N) is 2. The van der Waals surface area contributed by atoms with Gasteiger partial charge in [0, 0.05) is 18.7 Å². The average Bonchev–Trinajstić information content (AvgIpc) is 3.22. The molecule has 3 aromatic carbocycles. The van der Waals surface area contributed by atoms with Crippen molar-refractivity contribution in [3.8, 4) is 0 Å². The van der Waals surface area contributed by atoms with Gasteiger partial charge in [-0.05, 0) is 53.9 Å². The number of carbonyl (C=O) groups excluding carboxylic acids is 1. The fraction of sp³-hybridized carbons (Fsp3) is 0.130. The van der Waals surface area contributed by atoms with Crippen LogP contribution in [0.4, 0.5) is 9.52 Å². The number of rotatable bonds is 4. The Labute approximate surface area is 188 Å². The van der Waals surface area contributed by atoms with Crippen molar-refractivity contribution >= 4 is 42.6 Å². The number of carbonyl (C=O) groups is 1. The van der Waals surface area contributed by atoms with Crippen LogP contribution in [0.25, 0.3) is 10.2 Å². The van der Waals surface area contributed by atoms with Gasteiger partial charge in [-0.25, -0.2) is 17.8 Å². The summed E-state index contributed by atoms with van der Waals surface area (Å²) in [6.07, 6.45) is 0.665. The third-order valence-corrected chi connectivity index (χ3v) is 8.24. The Kier molecular flexibility index (Phi) is 5.24. The van der Waals surface area contributed by atoms with Gasteiger partial charge in [0.15, 0.2) is 5.13 Å². The SMILES string of the molecule is O=C(Nc1nc2c(F)cccc2s1)c1ccc(S(=O)(=O)N2CCc3ccccc3C2)cc1. The molecule has 1 aliphatic rings. The van der Waals surface area contributed by atoms with Gasteiger partial charge in [-0.3, -0.25) is 10.1 Å². The Balaban J connectivity index is 1.33. The maximum Gasteiger partial charge on any atom is 0.257 e. The van der Waals surface area contributed by atoms with E-state index in [1.165, 1.54) is 51.5 Å². The van der Waals surface area contributed by atoms with Crippen molar-refractivity contribution in [3.05, 3.63) is 89.2 Å². The molecule has 9 heteroatoms. The van der Waals surface area contributed by atoms with Gasteiger partial charge in [0.25, 0.3) is 5.91 Å². The number of hydrogen-bond acceptors (Lipinski definition) is 5. The highest BCUT2D eigenvalue weighted by Crippen LogP contribution is 2.28. The molecule has 0 spiro atoms. The predicted octanol–water partition coefficient (Wildman–Crippen LogP) is 4.43. The van der Waals surface area contributed by atoms with Crippen molar-refractivity contribution in [2.24, 2.45) is 0 Å². The van der Waals surface area contributed by atoms with E-state index in [1.807, 2.05) is 24.3 Å². The van der Waals surface area contributed by atoms with E-state index in [0.29, 0.717) is 24.2 Å². The first kappa shape index (κ1) is 20.7. The molecule has 5 rings (SSSR count). The van der Waals surface area contributed by atoms with E-state index in [9.17, 15) is 17.6 Å². The first-order chi connectivity index (χ1) is 15.4. The summed E-state index contributed by atoms with van der Waals surface area (Å²) in [6, 6.07) is 18.2. The molecule has 0 saturated heterocycles. The van der Waals surface area contributed by atoms with Crippen LogP contribution in [-0.4, -0.2) is 30.2 Å². The Morgan fingerprint density at radius 1 is 1.00 bits per heavy atom. The summed E-state index contributed by atoms with van der Waals surface area (Å²) in [5, 5.41) is 2.93. The molecule has 0 bridgehead atoms. The summed E-state index contributed by atoms with van der Waals surface area (Å²) in [5.74, 6) is -0.894. The van der Waals surface area contributed by atoms with Crippen molar-refractivity contribution in [1.29, 1.82) is 0 Å². The van der Waals surface area contributed by atoms with Gasteiger partial charge in [-0.15, -0.1) is 0 Å². The molecule has 0 unspecified atom stereocenters. The van der Waals surface area contributed by atoms with E-state index < -0.39 is 21.7 Å². The minimum atomic E-state index is -3.68. The van der Waals surface area contributed by atoms with E-state index in [1.54, 1.807) is 12.1 Å².